The van der Waals surface area contributed by atoms with Crippen LogP contribution < -0.4 is 5.32 Å². The van der Waals surface area contributed by atoms with Gasteiger partial charge in [-0.3, -0.25) is 4.79 Å². The molecular formula is C9H16BrNO2. The second kappa shape index (κ2) is 6.38. The number of nitrogens with one attached hydrogen (secondary N) is 1. The molecule has 0 radical (unpaired) electrons. The maximum Gasteiger partial charge on any atom is 0.220 e. The zero-order valence-corrected chi connectivity index (χ0v) is 9.31. The van der Waals surface area contributed by atoms with Crippen LogP contribution in [0.3, 0.4) is 0 Å². The van der Waals surface area contributed by atoms with Gasteiger partial charge in [0.15, 0.2) is 0 Å². The van der Waals surface area contributed by atoms with Crippen molar-refractivity contribution in [2.24, 2.45) is 5.92 Å². The van der Waals surface area contributed by atoms with E-state index in [9.17, 15) is 4.79 Å². The molecule has 1 rings (SSSR count). The summed E-state index contributed by atoms with van der Waals surface area (Å²) in [5, 5.41) is 3.51. The number of carbonyl (C=O) groups is 1. The van der Waals surface area contributed by atoms with E-state index in [2.05, 4.69) is 21.2 Å². The first-order chi connectivity index (χ1) is 6.33. The Morgan fingerprint density at radius 1 is 1.54 bits per heavy atom. The highest BCUT2D eigenvalue weighted by molar-refractivity contribution is 9.09. The van der Waals surface area contributed by atoms with E-state index in [4.69, 9.17) is 4.74 Å². The molecule has 1 fully saturated rings. The van der Waals surface area contributed by atoms with Crippen LogP contribution in [0.15, 0.2) is 0 Å². The molecule has 0 aromatic carbocycles. The van der Waals surface area contributed by atoms with Crippen LogP contribution in [0.25, 0.3) is 0 Å². The molecule has 0 heterocycles. The van der Waals surface area contributed by atoms with Crippen LogP contribution in [0, 0.1) is 5.92 Å². The monoisotopic (exact) mass is 249 g/mol. The van der Waals surface area contributed by atoms with Gasteiger partial charge < -0.3 is 10.1 Å². The summed E-state index contributed by atoms with van der Waals surface area (Å²) in [5.41, 5.74) is 0. The number of amides is 1. The summed E-state index contributed by atoms with van der Waals surface area (Å²) < 4.78 is 5.36. The van der Waals surface area contributed by atoms with Crippen LogP contribution in [-0.2, 0) is 9.53 Å². The molecule has 0 saturated heterocycles. The lowest BCUT2D eigenvalue weighted by Crippen LogP contribution is -2.27. The molecule has 1 N–H and O–H groups in total. The highest BCUT2D eigenvalue weighted by Crippen LogP contribution is 2.28. The van der Waals surface area contributed by atoms with Gasteiger partial charge in [-0.1, -0.05) is 15.9 Å². The number of hydrogen-bond donors (Lipinski definition) is 1. The lowest BCUT2D eigenvalue weighted by Gasteiger charge is -2.04. The molecule has 0 unspecified atom stereocenters. The lowest BCUT2D eigenvalue weighted by molar-refractivity contribution is -0.120. The number of halogens is 1. The van der Waals surface area contributed by atoms with Gasteiger partial charge in [-0.25, -0.2) is 0 Å². The van der Waals surface area contributed by atoms with Crippen LogP contribution in [0.5, 0.6) is 0 Å². The SMILES string of the molecule is O=C(CCBr)NCCOCC1CC1. The Morgan fingerprint density at radius 3 is 2.92 bits per heavy atom. The molecule has 1 saturated carbocycles. The molecule has 0 spiro atoms. The van der Waals surface area contributed by atoms with Gasteiger partial charge in [0.05, 0.1) is 6.61 Å². The number of carbonyl (C=O) groups excluding carboxylic acids is 1. The van der Waals surface area contributed by atoms with Crippen molar-refractivity contribution in [1.82, 2.24) is 5.32 Å². The molecule has 0 aliphatic heterocycles. The van der Waals surface area contributed by atoms with E-state index in [1.807, 2.05) is 0 Å². The molecule has 0 aromatic rings. The number of ether oxygens (including phenoxy) is 1. The average Bonchev–Trinajstić information content (AvgIpc) is 2.88. The van der Waals surface area contributed by atoms with Gasteiger partial charge in [0.2, 0.25) is 5.91 Å². The van der Waals surface area contributed by atoms with Gasteiger partial charge in [0.1, 0.15) is 0 Å². The highest BCUT2D eigenvalue weighted by atomic mass is 79.9. The van der Waals surface area contributed by atoms with E-state index in [0.29, 0.717) is 19.6 Å². The molecule has 0 bridgehead atoms. The van der Waals surface area contributed by atoms with Crippen molar-refractivity contribution in [3.8, 4) is 0 Å². The topological polar surface area (TPSA) is 38.3 Å². The van der Waals surface area contributed by atoms with Crippen molar-refractivity contribution in [1.29, 1.82) is 0 Å². The second-order valence-corrected chi connectivity index (χ2v) is 4.10. The van der Waals surface area contributed by atoms with Gasteiger partial charge in [0, 0.05) is 24.9 Å². The average molecular weight is 250 g/mol. The minimum atomic E-state index is 0.0897. The number of rotatable bonds is 7. The van der Waals surface area contributed by atoms with Crippen molar-refractivity contribution in [2.75, 3.05) is 25.1 Å². The highest BCUT2D eigenvalue weighted by Gasteiger charge is 2.20. The first kappa shape index (κ1) is 11.0. The van der Waals surface area contributed by atoms with Gasteiger partial charge in [-0.05, 0) is 18.8 Å². The Balaban J connectivity index is 1.79. The summed E-state index contributed by atoms with van der Waals surface area (Å²) in [7, 11) is 0. The third-order valence-electron chi connectivity index (χ3n) is 1.94. The minimum Gasteiger partial charge on any atom is -0.379 e. The summed E-state index contributed by atoms with van der Waals surface area (Å²) in [5.74, 6) is 0.894. The summed E-state index contributed by atoms with van der Waals surface area (Å²) in [6.45, 7) is 2.15. The molecule has 4 heteroatoms. The minimum absolute atomic E-state index is 0.0897. The van der Waals surface area contributed by atoms with Crippen LogP contribution in [0.1, 0.15) is 19.3 Å². The molecule has 1 aliphatic rings. The molecule has 1 amide bonds. The van der Waals surface area contributed by atoms with Gasteiger partial charge in [-0.15, -0.1) is 0 Å². The van der Waals surface area contributed by atoms with E-state index >= 15 is 0 Å². The number of alkyl halides is 1. The van der Waals surface area contributed by atoms with Crippen molar-refractivity contribution in [2.45, 2.75) is 19.3 Å². The molecule has 0 aromatic heterocycles. The van der Waals surface area contributed by atoms with Crippen LogP contribution in [0.2, 0.25) is 0 Å². The van der Waals surface area contributed by atoms with Crippen LogP contribution in [0.4, 0.5) is 0 Å². The van der Waals surface area contributed by atoms with Crippen molar-refractivity contribution in [3.63, 3.8) is 0 Å². The third kappa shape index (κ3) is 6.05. The summed E-state index contributed by atoms with van der Waals surface area (Å²) >= 11 is 3.21. The molecule has 13 heavy (non-hydrogen) atoms. The van der Waals surface area contributed by atoms with Crippen molar-refractivity contribution in [3.05, 3.63) is 0 Å². The second-order valence-electron chi connectivity index (χ2n) is 3.31. The van der Waals surface area contributed by atoms with Crippen LogP contribution >= 0.6 is 15.9 Å². The van der Waals surface area contributed by atoms with E-state index in [1.165, 1.54) is 12.8 Å². The smallest absolute Gasteiger partial charge is 0.220 e. The third-order valence-corrected chi connectivity index (χ3v) is 2.34. The molecule has 1 aliphatic carbocycles. The first-order valence-corrected chi connectivity index (χ1v) is 5.85. The zero-order chi connectivity index (χ0) is 9.52. The van der Waals surface area contributed by atoms with Gasteiger partial charge in [0.25, 0.3) is 0 Å². The van der Waals surface area contributed by atoms with Crippen LogP contribution in [-0.4, -0.2) is 31.0 Å². The Kier molecular flexibility index (Phi) is 5.39. The maximum absolute atomic E-state index is 11.0. The Bertz CT molecular complexity index is 160. The van der Waals surface area contributed by atoms with E-state index in [0.717, 1.165) is 17.9 Å². The summed E-state index contributed by atoms with van der Waals surface area (Å²) in [6.07, 6.45) is 3.18. The first-order valence-electron chi connectivity index (χ1n) is 4.73. The standard InChI is InChI=1S/C9H16BrNO2/c10-4-3-9(12)11-5-6-13-7-8-1-2-8/h8H,1-7H2,(H,11,12). The predicted molar refractivity (Wildman–Crippen MR) is 55.0 cm³/mol. The Hall–Kier alpha value is -0.0900. The van der Waals surface area contributed by atoms with E-state index in [-0.39, 0.29) is 5.91 Å². The van der Waals surface area contributed by atoms with Gasteiger partial charge in [-0.2, -0.15) is 0 Å². The predicted octanol–water partition coefficient (Wildman–Crippen LogP) is 1.31. The number of hydrogen-bond acceptors (Lipinski definition) is 2. The van der Waals surface area contributed by atoms with Crippen molar-refractivity contribution < 1.29 is 9.53 Å². The fourth-order valence-electron chi connectivity index (χ4n) is 0.971. The largest absolute Gasteiger partial charge is 0.379 e. The van der Waals surface area contributed by atoms with E-state index < -0.39 is 0 Å². The maximum atomic E-state index is 11.0. The Labute approximate surface area is 87.3 Å². The molecular weight excluding hydrogens is 234 g/mol. The van der Waals surface area contributed by atoms with E-state index in [1.54, 1.807) is 0 Å². The summed E-state index contributed by atoms with van der Waals surface area (Å²) in [6, 6.07) is 0. The lowest BCUT2D eigenvalue weighted by atomic mass is 10.4. The quantitative estimate of drug-likeness (QED) is 0.546. The molecule has 3 nitrogen and oxygen atoms in total. The molecule has 76 valence electrons. The van der Waals surface area contributed by atoms with Crippen molar-refractivity contribution >= 4 is 21.8 Å². The molecule has 0 atom stereocenters. The van der Waals surface area contributed by atoms with Gasteiger partial charge >= 0.3 is 0 Å². The fourth-order valence-corrected chi connectivity index (χ4v) is 1.33. The Morgan fingerprint density at radius 2 is 2.31 bits per heavy atom. The zero-order valence-electron chi connectivity index (χ0n) is 7.72. The normalized spacial score (nSPS) is 15.8. The fraction of sp³-hybridized carbons (Fsp3) is 0.889. The summed E-state index contributed by atoms with van der Waals surface area (Å²) in [4.78, 5) is 11.0.